The third-order valence-corrected chi connectivity index (χ3v) is 8.58. The molecule has 4 rings (SSSR count). The topological polar surface area (TPSA) is 57.7 Å². The van der Waals surface area contributed by atoms with Gasteiger partial charge in [0.1, 0.15) is 0 Å². The molecule has 2 aromatic rings. The van der Waals surface area contributed by atoms with Gasteiger partial charge in [-0.15, -0.1) is 0 Å². The van der Waals surface area contributed by atoms with Gasteiger partial charge in [-0.05, 0) is 71.8 Å². The first kappa shape index (κ1) is 21.3. The third kappa shape index (κ3) is 4.68. The first-order chi connectivity index (χ1) is 14.6. The minimum Gasteiger partial charge on any atom is -0.332 e. The number of carbonyl (C=O) groups is 1. The normalized spacial score (nSPS) is 21.2. The number of thiophene rings is 1. The number of hydrogen-bond donors (Lipinski definition) is 0. The number of rotatable bonds is 5. The van der Waals surface area contributed by atoms with Gasteiger partial charge in [0, 0.05) is 25.7 Å². The SMILES string of the molecule is O=C(C=Cc1ccc(S(=O)(=O)N2CCCCCC2)cc1)N1CCCC1c1ccsc1. The summed E-state index contributed by atoms with van der Waals surface area (Å²) in [5.74, 6) is 0.00460. The largest absolute Gasteiger partial charge is 0.332 e. The molecule has 5 nitrogen and oxygen atoms in total. The Bertz CT molecular complexity index is 974. The zero-order valence-corrected chi connectivity index (χ0v) is 18.7. The van der Waals surface area contributed by atoms with Gasteiger partial charge in [0.05, 0.1) is 10.9 Å². The van der Waals surface area contributed by atoms with Crippen LogP contribution in [0.15, 0.2) is 52.1 Å². The van der Waals surface area contributed by atoms with Crippen molar-refractivity contribution in [2.24, 2.45) is 0 Å². The third-order valence-electron chi connectivity index (χ3n) is 5.97. The van der Waals surface area contributed by atoms with Crippen LogP contribution in [0.3, 0.4) is 0 Å². The van der Waals surface area contributed by atoms with E-state index in [0.29, 0.717) is 18.0 Å². The summed E-state index contributed by atoms with van der Waals surface area (Å²) in [5, 5.41) is 4.16. The summed E-state index contributed by atoms with van der Waals surface area (Å²) in [5.41, 5.74) is 2.03. The van der Waals surface area contributed by atoms with Gasteiger partial charge >= 0.3 is 0 Å². The maximum absolute atomic E-state index is 12.9. The molecule has 1 atom stereocenters. The molecule has 2 aliphatic heterocycles. The Morgan fingerprint density at radius 1 is 0.967 bits per heavy atom. The average molecular weight is 445 g/mol. The van der Waals surface area contributed by atoms with Crippen LogP contribution >= 0.6 is 11.3 Å². The van der Waals surface area contributed by atoms with Crippen LogP contribution in [-0.2, 0) is 14.8 Å². The van der Waals surface area contributed by atoms with Gasteiger partial charge in [-0.2, -0.15) is 15.6 Å². The lowest BCUT2D eigenvalue weighted by Gasteiger charge is -2.22. The summed E-state index contributed by atoms with van der Waals surface area (Å²) in [6.07, 6.45) is 9.41. The van der Waals surface area contributed by atoms with Crippen LogP contribution in [-0.4, -0.2) is 43.2 Å². The minimum atomic E-state index is -3.44. The Morgan fingerprint density at radius 3 is 2.37 bits per heavy atom. The Kier molecular flexibility index (Phi) is 6.71. The molecule has 2 fully saturated rings. The molecule has 0 spiro atoms. The molecule has 30 heavy (non-hydrogen) atoms. The number of likely N-dealkylation sites (tertiary alicyclic amines) is 1. The van der Waals surface area contributed by atoms with Gasteiger partial charge in [0.2, 0.25) is 15.9 Å². The molecule has 2 aliphatic rings. The van der Waals surface area contributed by atoms with E-state index < -0.39 is 10.0 Å². The van der Waals surface area contributed by atoms with Crippen molar-refractivity contribution < 1.29 is 13.2 Å². The fraction of sp³-hybridized carbons (Fsp3) is 0.435. The van der Waals surface area contributed by atoms with E-state index in [1.165, 1.54) is 5.56 Å². The highest BCUT2D eigenvalue weighted by Gasteiger charge is 2.29. The van der Waals surface area contributed by atoms with E-state index in [2.05, 4.69) is 11.4 Å². The van der Waals surface area contributed by atoms with Crippen LogP contribution in [0.4, 0.5) is 0 Å². The van der Waals surface area contributed by atoms with Gasteiger partial charge in [-0.3, -0.25) is 4.79 Å². The van der Waals surface area contributed by atoms with Gasteiger partial charge in [-0.25, -0.2) is 8.42 Å². The van der Waals surface area contributed by atoms with Gasteiger partial charge < -0.3 is 4.90 Å². The summed E-state index contributed by atoms with van der Waals surface area (Å²) in [4.78, 5) is 15.0. The monoisotopic (exact) mass is 444 g/mol. The quantitative estimate of drug-likeness (QED) is 0.629. The molecule has 0 saturated carbocycles. The Hall–Kier alpha value is -1.96. The highest BCUT2D eigenvalue weighted by molar-refractivity contribution is 7.89. The highest BCUT2D eigenvalue weighted by Crippen LogP contribution is 2.33. The zero-order valence-electron chi connectivity index (χ0n) is 17.1. The maximum atomic E-state index is 12.9. The van der Waals surface area contributed by atoms with E-state index in [9.17, 15) is 13.2 Å². The zero-order chi connectivity index (χ0) is 21.0. The molecule has 0 N–H and O–H groups in total. The lowest BCUT2D eigenvalue weighted by Crippen LogP contribution is -2.31. The molecule has 1 aromatic carbocycles. The number of nitrogens with zero attached hydrogens (tertiary/aromatic N) is 2. The second kappa shape index (κ2) is 9.45. The molecule has 1 unspecified atom stereocenters. The molecule has 1 aromatic heterocycles. The number of sulfonamides is 1. The Balaban J connectivity index is 1.43. The van der Waals surface area contributed by atoms with Crippen molar-refractivity contribution in [1.29, 1.82) is 0 Å². The molecule has 0 bridgehead atoms. The molecular formula is C23H28N2O3S2. The van der Waals surface area contributed by atoms with Gasteiger partial charge in [0.15, 0.2) is 0 Å². The van der Waals surface area contributed by atoms with E-state index in [1.807, 2.05) is 10.3 Å². The maximum Gasteiger partial charge on any atom is 0.247 e. The average Bonchev–Trinajstić information content (AvgIpc) is 3.38. The summed E-state index contributed by atoms with van der Waals surface area (Å²) >= 11 is 1.66. The van der Waals surface area contributed by atoms with Crippen LogP contribution in [0, 0.1) is 0 Å². The van der Waals surface area contributed by atoms with E-state index in [-0.39, 0.29) is 11.9 Å². The van der Waals surface area contributed by atoms with Crippen molar-refractivity contribution in [3.8, 4) is 0 Å². The summed E-state index contributed by atoms with van der Waals surface area (Å²) < 4.78 is 27.4. The first-order valence-electron chi connectivity index (χ1n) is 10.7. The van der Waals surface area contributed by atoms with Crippen molar-refractivity contribution in [3.63, 3.8) is 0 Å². The lowest BCUT2D eigenvalue weighted by molar-refractivity contribution is -0.126. The molecule has 3 heterocycles. The fourth-order valence-corrected chi connectivity index (χ4v) is 6.51. The van der Waals surface area contributed by atoms with Gasteiger partial charge in [-0.1, -0.05) is 25.0 Å². The van der Waals surface area contributed by atoms with E-state index >= 15 is 0 Å². The Labute approximate surface area is 183 Å². The molecule has 160 valence electrons. The minimum absolute atomic E-state index is 0.00460. The summed E-state index contributed by atoms with van der Waals surface area (Å²) in [7, 11) is -3.44. The van der Waals surface area contributed by atoms with Crippen molar-refractivity contribution in [2.75, 3.05) is 19.6 Å². The lowest BCUT2D eigenvalue weighted by atomic mass is 10.1. The van der Waals surface area contributed by atoms with Crippen LogP contribution in [0.1, 0.15) is 55.7 Å². The van der Waals surface area contributed by atoms with Crippen LogP contribution in [0.2, 0.25) is 0 Å². The molecule has 0 radical (unpaired) electrons. The molecule has 0 aliphatic carbocycles. The predicted molar refractivity (Wildman–Crippen MR) is 121 cm³/mol. The van der Waals surface area contributed by atoms with E-state index in [1.54, 1.807) is 52.1 Å². The Morgan fingerprint density at radius 2 is 1.70 bits per heavy atom. The van der Waals surface area contributed by atoms with E-state index in [4.69, 9.17) is 0 Å². The fourth-order valence-electron chi connectivity index (χ4n) is 4.29. The van der Waals surface area contributed by atoms with Crippen molar-refractivity contribution >= 4 is 33.3 Å². The molecule has 2 saturated heterocycles. The smallest absolute Gasteiger partial charge is 0.247 e. The number of amides is 1. The summed E-state index contributed by atoms with van der Waals surface area (Å²) in [6.45, 7) is 1.97. The van der Waals surface area contributed by atoms with Gasteiger partial charge in [0.25, 0.3) is 0 Å². The molecular weight excluding hydrogens is 416 g/mol. The van der Waals surface area contributed by atoms with Crippen molar-refractivity contribution in [1.82, 2.24) is 9.21 Å². The highest BCUT2D eigenvalue weighted by atomic mass is 32.2. The molecule has 7 heteroatoms. The van der Waals surface area contributed by atoms with Crippen molar-refractivity contribution in [2.45, 2.75) is 49.5 Å². The number of benzene rings is 1. The summed E-state index contributed by atoms with van der Waals surface area (Å²) in [6, 6.07) is 9.09. The number of hydrogen-bond acceptors (Lipinski definition) is 4. The van der Waals surface area contributed by atoms with Crippen LogP contribution in [0.25, 0.3) is 6.08 Å². The second-order valence-corrected chi connectivity index (χ2v) is 10.7. The number of carbonyl (C=O) groups excluding carboxylic acids is 1. The van der Waals surface area contributed by atoms with Crippen LogP contribution < -0.4 is 0 Å². The van der Waals surface area contributed by atoms with E-state index in [0.717, 1.165) is 50.6 Å². The first-order valence-corrected chi connectivity index (χ1v) is 13.0. The van der Waals surface area contributed by atoms with Crippen LogP contribution in [0.5, 0.6) is 0 Å². The molecule has 1 amide bonds. The second-order valence-electron chi connectivity index (χ2n) is 7.97. The predicted octanol–water partition coefficient (Wildman–Crippen LogP) is 4.69. The standard InChI is InChI=1S/C23H28N2O3S2/c26-23(25-16-5-6-22(25)20-13-17-29-18-20)12-9-19-7-10-21(11-8-19)30(27,28)24-14-3-1-2-4-15-24/h7-13,17-18,22H,1-6,14-16H2. The van der Waals surface area contributed by atoms with Crippen molar-refractivity contribution in [3.05, 3.63) is 58.3 Å².